The van der Waals surface area contributed by atoms with Gasteiger partial charge in [-0.05, 0) is 32.9 Å². The van der Waals surface area contributed by atoms with Crippen molar-refractivity contribution < 1.29 is 13.7 Å². The molecular weight excluding hydrogens is 294 g/mol. The van der Waals surface area contributed by atoms with Crippen LogP contribution in [-0.4, -0.2) is 16.0 Å². The van der Waals surface area contributed by atoms with Crippen LogP contribution in [0, 0.1) is 20.8 Å². The minimum atomic E-state index is -0.185. The van der Waals surface area contributed by atoms with Crippen molar-refractivity contribution in [3.8, 4) is 11.5 Å². The van der Waals surface area contributed by atoms with Gasteiger partial charge in [-0.25, -0.2) is 4.98 Å². The fraction of sp³-hybridized carbons (Fsp3) is 0.235. The second kappa shape index (κ2) is 6.08. The SMILES string of the molecule is Cc1noc(C)c1NC(=O)Cc1nc(-c2ccccc2)oc1C. The van der Waals surface area contributed by atoms with E-state index in [0.29, 0.717) is 34.5 Å². The summed E-state index contributed by atoms with van der Waals surface area (Å²) in [6.45, 7) is 5.34. The maximum atomic E-state index is 12.2. The van der Waals surface area contributed by atoms with Crippen molar-refractivity contribution in [2.45, 2.75) is 27.2 Å². The first-order chi connectivity index (χ1) is 11.0. The number of hydrogen-bond donors (Lipinski definition) is 1. The average Bonchev–Trinajstić information content (AvgIpc) is 3.06. The van der Waals surface area contributed by atoms with E-state index in [4.69, 9.17) is 8.94 Å². The quantitative estimate of drug-likeness (QED) is 0.798. The third-order valence-electron chi connectivity index (χ3n) is 3.54. The van der Waals surface area contributed by atoms with Crippen LogP contribution in [0.3, 0.4) is 0 Å². The highest BCUT2D eigenvalue weighted by Gasteiger charge is 2.17. The highest BCUT2D eigenvalue weighted by molar-refractivity contribution is 5.93. The van der Waals surface area contributed by atoms with Gasteiger partial charge in [0.25, 0.3) is 0 Å². The van der Waals surface area contributed by atoms with Crippen molar-refractivity contribution in [3.05, 3.63) is 53.2 Å². The molecule has 118 valence electrons. The number of hydrogen-bond acceptors (Lipinski definition) is 5. The van der Waals surface area contributed by atoms with Crippen molar-refractivity contribution in [3.63, 3.8) is 0 Å². The molecule has 23 heavy (non-hydrogen) atoms. The summed E-state index contributed by atoms with van der Waals surface area (Å²) in [6.07, 6.45) is 0.131. The lowest BCUT2D eigenvalue weighted by atomic mass is 10.2. The van der Waals surface area contributed by atoms with Gasteiger partial charge in [0.05, 0.1) is 12.1 Å². The zero-order valence-electron chi connectivity index (χ0n) is 13.2. The lowest BCUT2D eigenvalue weighted by molar-refractivity contribution is -0.115. The Balaban J connectivity index is 1.76. The molecule has 3 aromatic rings. The number of benzene rings is 1. The molecule has 6 nitrogen and oxygen atoms in total. The Bertz CT molecular complexity index is 815. The third-order valence-corrected chi connectivity index (χ3v) is 3.54. The number of rotatable bonds is 4. The predicted molar refractivity (Wildman–Crippen MR) is 85.0 cm³/mol. The van der Waals surface area contributed by atoms with E-state index in [-0.39, 0.29) is 12.3 Å². The molecule has 1 N–H and O–H groups in total. The number of anilines is 1. The van der Waals surface area contributed by atoms with Gasteiger partial charge in [0.15, 0.2) is 5.76 Å². The summed E-state index contributed by atoms with van der Waals surface area (Å²) in [5, 5.41) is 6.62. The molecule has 1 aromatic carbocycles. The summed E-state index contributed by atoms with van der Waals surface area (Å²) in [7, 11) is 0. The molecule has 3 rings (SSSR count). The van der Waals surface area contributed by atoms with Gasteiger partial charge in [0, 0.05) is 5.56 Å². The molecule has 0 saturated heterocycles. The van der Waals surface area contributed by atoms with Crippen LogP contribution < -0.4 is 5.32 Å². The van der Waals surface area contributed by atoms with Gasteiger partial charge in [-0.15, -0.1) is 0 Å². The lowest BCUT2D eigenvalue weighted by Crippen LogP contribution is -2.16. The Hall–Kier alpha value is -2.89. The van der Waals surface area contributed by atoms with Crippen molar-refractivity contribution >= 4 is 11.6 Å². The smallest absolute Gasteiger partial charge is 0.230 e. The van der Waals surface area contributed by atoms with Crippen LogP contribution in [-0.2, 0) is 11.2 Å². The second-order valence-corrected chi connectivity index (χ2v) is 5.31. The van der Waals surface area contributed by atoms with E-state index in [2.05, 4.69) is 15.5 Å². The molecule has 0 aliphatic heterocycles. The highest BCUT2D eigenvalue weighted by Crippen LogP contribution is 2.23. The Morgan fingerprint density at radius 3 is 2.52 bits per heavy atom. The third kappa shape index (κ3) is 3.15. The van der Waals surface area contributed by atoms with Gasteiger partial charge in [-0.2, -0.15) is 0 Å². The Morgan fingerprint density at radius 2 is 1.87 bits per heavy atom. The number of aryl methyl sites for hydroxylation is 3. The molecule has 2 heterocycles. The molecule has 2 aromatic heterocycles. The molecule has 0 aliphatic carbocycles. The number of carbonyl (C=O) groups excluding carboxylic acids is 1. The van der Waals surface area contributed by atoms with E-state index in [1.54, 1.807) is 20.8 Å². The predicted octanol–water partition coefficient (Wildman–Crippen LogP) is 3.44. The standard InChI is InChI=1S/C17H17N3O3/c1-10-16(12(3)23-20-10)19-15(21)9-14-11(2)22-17(18-14)13-7-5-4-6-8-13/h4-8H,9H2,1-3H3,(H,19,21). The average molecular weight is 311 g/mol. The van der Waals surface area contributed by atoms with E-state index in [9.17, 15) is 4.79 Å². The number of oxazole rings is 1. The number of carbonyl (C=O) groups is 1. The molecule has 1 amide bonds. The van der Waals surface area contributed by atoms with E-state index in [1.807, 2.05) is 30.3 Å². The van der Waals surface area contributed by atoms with Crippen LogP contribution in [0.25, 0.3) is 11.5 Å². The molecule has 0 atom stereocenters. The normalized spacial score (nSPS) is 10.7. The van der Waals surface area contributed by atoms with Gasteiger partial charge in [0.2, 0.25) is 11.8 Å². The lowest BCUT2D eigenvalue weighted by Gasteiger charge is -2.02. The van der Waals surface area contributed by atoms with Crippen LogP contribution in [0.1, 0.15) is 22.9 Å². The second-order valence-electron chi connectivity index (χ2n) is 5.31. The van der Waals surface area contributed by atoms with Crippen molar-refractivity contribution in [2.24, 2.45) is 0 Å². The number of aromatic nitrogens is 2. The summed E-state index contributed by atoms with van der Waals surface area (Å²) >= 11 is 0. The summed E-state index contributed by atoms with van der Waals surface area (Å²) in [4.78, 5) is 16.6. The molecule has 6 heteroatoms. The fourth-order valence-corrected chi connectivity index (χ4v) is 2.29. The summed E-state index contributed by atoms with van der Waals surface area (Å²) < 4.78 is 10.7. The molecule has 0 bridgehead atoms. The van der Waals surface area contributed by atoms with Crippen molar-refractivity contribution in [1.29, 1.82) is 0 Å². The molecule has 0 aliphatic rings. The Morgan fingerprint density at radius 1 is 1.13 bits per heavy atom. The van der Waals surface area contributed by atoms with Crippen LogP contribution >= 0.6 is 0 Å². The van der Waals surface area contributed by atoms with Gasteiger partial charge >= 0.3 is 0 Å². The van der Waals surface area contributed by atoms with E-state index >= 15 is 0 Å². The summed E-state index contributed by atoms with van der Waals surface area (Å²) in [5.74, 6) is 1.55. The molecule has 0 saturated carbocycles. The first-order valence-corrected chi connectivity index (χ1v) is 7.29. The monoisotopic (exact) mass is 311 g/mol. The van der Waals surface area contributed by atoms with E-state index < -0.39 is 0 Å². The van der Waals surface area contributed by atoms with E-state index in [1.165, 1.54) is 0 Å². The largest absolute Gasteiger partial charge is 0.441 e. The van der Waals surface area contributed by atoms with Crippen LogP contribution in [0.2, 0.25) is 0 Å². The maximum Gasteiger partial charge on any atom is 0.230 e. The van der Waals surface area contributed by atoms with Crippen LogP contribution in [0.4, 0.5) is 5.69 Å². The number of nitrogens with zero attached hydrogens (tertiary/aromatic N) is 2. The first kappa shape index (κ1) is 15.0. The van der Waals surface area contributed by atoms with Gasteiger partial charge in [-0.1, -0.05) is 23.4 Å². The Labute approximate surface area is 133 Å². The number of nitrogens with one attached hydrogen (secondary N) is 1. The topological polar surface area (TPSA) is 81.2 Å². The van der Waals surface area contributed by atoms with Crippen molar-refractivity contribution in [1.82, 2.24) is 10.1 Å². The van der Waals surface area contributed by atoms with Crippen molar-refractivity contribution in [2.75, 3.05) is 5.32 Å². The van der Waals surface area contributed by atoms with Crippen LogP contribution in [0.15, 0.2) is 39.3 Å². The Kier molecular flexibility index (Phi) is 3.97. The summed E-state index contributed by atoms with van der Waals surface area (Å²) in [6, 6.07) is 9.59. The van der Waals surface area contributed by atoms with E-state index in [0.717, 1.165) is 5.56 Å². The molecule has 0 fully saturated rings. The van der Waals surface area contributed by atoms with Gasteiger partial charge < -0.3 is 14.3 Å². The zero-order valence-corrected chi connectivity index (χ0v) is 13.2. The number of amides is 1. The molecule has 0 unspecified atom stereocenters. The van der Waals surface area contributed by atoms with Gasteiger partial charge in [-0.3, -0.25) is 4.79 Å². The van der Waals surface area contributed by atoms with Gasteiger partial charge in [0.1, 0.15) is 17.1 Å². The summed E-state index contributed by atoms with van der Waals surface area (Å²) in [5.41, 5.74) is 2.76. The molecule has 0 spiro atoms. The molecule has 0 radical (unpaired) electrons. The molecular formula is C17H17N3O3. The zero-order chi connectivity index (χ0) is 16.4. The first-order valence-electron chi connectivity index (χ1n) is 7.29. The fourth-order valence-electron chi connectivity index (χ4n) is 2.29. The maximum absolute atomic E-state index is 12.2. The highest BCUT2D eigenvalue weighted by atomic mass is 16.5. The minimum Gasteiger partial charge on any atom is -0.441 e. The van der Waals surface area contributed by atoms with Crippen LogP contribution in [0.5, 0.6) is 0 Å². The minimum absolute atomic E-state index is 0.131.